The summed E-state index contributed by atoms with van der Waals surface area (Å²) in [5.41, 5.74) is 10.2. The fraction of sp³-hybridized carbons (Fsp3) is 0.385. The van der Waals surface area contributed by atoms with Crippen molar-refractivity contribution in [3.8, 4) is 5.00 Å². The molecule has 8 heteroatoms. The lowest BCUT2D eigenvalue weighted by Gasteiger charge is -2.21. The Morgan fingerprint density at radius 3 is 2.53 bits per heavy atom. The molecule has 2 aromatic heterocycles. The van der Waals surface area contributed by atoms with E-state index in [4.69, 9.17) is 15.5 Å². The first-order chi connectivity index (χ1) is 16.1. The summed E-state index contributed by atoms with van der Waals surface area (Å²) in [6.07, 6.45) is 4.01. The van der Waals surface area contributed by atoms with E-state index in [2.05, 4.69) is 48.3 Å². The van der Waals surface area contributed by atoms with E-state index in [1.807, 2.05) is 44.4 Å². The molecular formula is C26H31N5O2S. The quantitative estimate of drug-likeness (QED) is 0.530. The molecule has 1 aliphatic rings. The highest BCUT2D eigenvalue weighted by atomic mass is 32.1. The summed E-state index contributed by atoms with van der Waals surface area (Å²) < 4.78 is 7.66. The van der Waals surface area contributed by atoms with Gasteiger partial charge in [0.25, 0.3) is 0 Å². The number of rotatable bonds is 5. The molecule has 0 radical (unpaired) electrons. The number of aryl methyl sites for hydroxylation is 2. The van der Waals surface area contributed by atoms with Crippen LogP contribution in [0, 0.1) is 20.8 Å². The lowest BCUT2D eigenvalue weighted by atomic mass is 9.98. The van der Waals surface area contributed by atoms with Crippen molar-refractivity contribution in [2.75, 3.05) is 6.54 Å². The van der Waals surface area contributed by atoms with E-state index in [1.165, 1.54) is 10.4 Å². The van der Waals surface area contributed by atoms with Crippen LogP contribution in [0.1, 0.15) is 72.0 Å². The van der Waals surface area contributed by atoms with Gasteiger partial charge in [-0.1, -0.05) is 36.4 Å². The summed E-state index contributed by atoms with van der Waals surface area (Å²) in [4.78, 5) is 19.2. The van der Waals surface area contributed by atoms with Gasteiger partial charge in [0.15, 0.2) is 5.82 Å². The molecule has 0 spiro atoms. The number of ether oxygens (including phenoxy) is 1. The second-order valence-corrected chi connectivity index (χ2v) is 10.7. The van der Waals surface area contributed by atoms with Crippen LogP contribution < -0.4 is 5.73 Å². The van der Waals surface area contributed by atoms with Crippen molar-refractivity contribution in [1.82, 2.24) is 14.8 Å². The van der Waals surface area contributed by atoms with E-state index < -0.39 is 11.6 Å². The summed E-state index contributed by atoms with van der Waals surface area (Å²) >= 11 is 1.70. The molecule has 178 valence electrons. The van der Waals surface area contributed by atoms with E-state index in [-0.39, 0.29) is 12.4 Å². The van der Waals surface area contributed by atoms with Gasteiger partial charge in [-0.2, -0.15) is 0 Å². The normalized spacial score (nSPS) is 15.6. The van der Waals surface area contributed by atoms with Crippen molar-refractivity contribution >= 4 is 29.1 Å². The first-order valence-corrected chi connectivity index (χ1v) is 12.2. The van der Waals surface area contributed by atoms with Crippen molar-refractivity contribution in [2.24, 2.45) is 10.7 Å². The molecule has 2 N–H and O–H groups in total. The van der Waals surface area contributed by atoms with Crippen LogP contribution >= 0.6 is 11.3 Å². The molecule has 34 heavy (non-hydrogen) atoms. The Labute approximate surface area is 204 Å². The molecule has 0 aliphatic carbocycles. The van der Waals surface area contributed by atoms with E-state index in [1.54, 1.807) is 11.3 Å². The second kappa shape index (κ2) is 9.27. The standard InChI is InChI=1S/C26H31N5O2S/c1-15-16(2)34-25-22(15)23(19-11-9-18(10-12-19)8-7-13-27)28-20(14-21(32)33-26(4,5)6)24-30-29-17(3)31(24)25/h7-12,20H,13-14,27H2,1-6H3. The summed E-state index contributed by atoms with van der Waals surface area (Å²) in [6, 6.07) is 7.72. The second-order valence-electron chi connectivity index (χ2n) is 9.45. The first-order valence-electron chi connectivity index (χ1n) is 11.4. The number of aromatic nitrogens is 3. The molecule has 3 aromatic rings. The van der Waals surface area contributed by atoms with Gasteiger partial charge in [-0.25, -0.2) is 0 Å². The minimum Gasteiger partial charge on any atom is -0.460 e. The molecule has 4 rings (SSSR count). The average Bonchev–Trinajstić information content (AvgIpc) is 3.24. The monoisotopic (exact) mass is 477 g/mol. The molecule has 0 bridgehead atoms. The Kier molecular flexibility index (Phi) is 6.55. The minimum atomic E-state index is -0.572. The van der Waals surface area contributed by atoms with Gasteiger partial charge in [0.2, 0.25) is 0 Å². The number of thiophene rings is 1. The van der Waals surface area contributed by atoms with Crippen LogP contribution in [0.3, 0.4) is 0 Å². The van der Waals surface area contributed by atoms with Crippen LogP contribution in [0.25, 0.3) is 11.1 Å². The average molecular weight is 478 g/mol. The van der Waals surface area contributed by atoms with Crippen molar-refractivity contribution in [2.45, 2.75) is 59.6 Å². The summed E-state index contributed by atoms with van der Waals surface area (Å²) in [5, 5.41) is 9.81. The van der Waals surface area contributed by atoms with Crippen molar-refractivity contribution in [3.05, 3.63) is 69.1 Å². The smallest absolute Gasteiger partial charge is 0.308 e. The van der Waals surface area contributed by atoms with Gasteiger partial charge in [0.05, 0.1) is 12.1 Å². The minimum absolute atomic E-state index is 0.0865. The Morgan fingerprint density at radius 1 is 1.18 bits per heavy atom. The van der Waals surface area contributed by atoms with Crippen LogP contribution in [0.4, 0.5) is 0 Å². The Balaban J connectivity index is 1.87. The molecule has 1 aromatic carbocycles. The molecule has 1 aliphatic heterocycles. The van der Waals surface area contributed by atoms with Crippen molar-refractivity contribution in [3.63, 3.8) is 0 Å². The molecular weight excluding hydrogens is 446 g/mol. The Hall–Kier alpha value is -3.10. The van der Waals surface area contributed by atoms with Crippen molar-refractivity contribution < 1.29 is 9.53 Å². The fourth-order valence-electron chi connectivity index (χ4n) is 4.02. The summed E-state index contributed by atoms with van der Waals surface area (Å²) in [5.74, 6) is 1.11. The third-order valence-electron chi connectivity index (χ3n) is 5.65. The molecule has 0 amide bonds. The third kappa shape index (κ3) is 4.74. The number of carbonyl (C=O) groups excluding carboxylic acids is 1. The number of nitrogens with zero attached hydrogens (tertiary/aromatic N) is 4. The maximum atomic E-state index is 12.8. The van der Waals surface area contributed by atoms with E-state index in [9.17, 15) is 4.79 Å². The topological polar surface area (TPSA) is 95.4 Å². The van der Waals surface area contributed by atoms with Crippen LogP contribution in [0.5, 0.6) is 0 Å². The molecule has 7 nitrogen and oxygen atoms in total. The molecule has 1 atom stereocenters. The number of benzene rings is 1. The molecule has 0 fully saturated rings. The van der Waals surface area contributed by atoms with Gasteiger partial charge >= 0.3 is 5.97 Å². The van der Waals surface area contributed by atoms with Gasteiger partial charge in [-0.05, 0) is 52.7 Å². The molecule has 1 unspecified atom stereocenters. The number of aliphatic imine (C=N–C) groups is 1. The predicted octanol–water partition coefficient (Wildman–Crippen LogP) is 4.85. The Morgan fingerprint density at radius 2 is 1.88 bits per heavy atom. The largest absolute Gasteiger partial charge is 0.460 e. The number of nitrogens with two attached hydrogens (primary N) is 1. The molecule has 3 heterocycles. The highest BCUT2D eigenvalue weighted by Crippen LogP contribution is 2.39. The van der Waals surface area contributed by atoms with Gasteiger partial charge < -0.3 is 10.5 Å². The van der Waals surface area contributed by atoms with E-state index in [0.717, 1.165) is 33.2 Å². The summed E-state index contributed by atoms with van der Waals surface area (Å²) in [6.45, 7) is 12.3. The zero-order chi connectivity index (χ0) is 24.6. The maximum Gasteiger partial charge on any atom is 0.308 e. The van der Waals surface area contributed by atoms with Crippen LogP contribution in [0.15, 0.2) is 35.3 Å². The Bertz CT molecular complexity index is 1280. The maximum absolute atomic E-state index is 12.8. The number of esters is 1. The van der Waals surface area contributed by atoms with Crippen LogP contribution in [-0.4, -0.2) is 38.6 Å². The fourth-order valence-corrected chi connectivity index (χ4v) is 5.24. The molecule has 0 saturated heterocycles. The van der Waals surface area contributed by atoms with Crippen LogP contribution in [-0.2, 0) is 9.53 Å². The van der Waals surface area contributed by atoms with Gasteiger partial charge in [-0.3, -0.25) is 14.4 Å². The van der Waals surface area contributed by atoms with Crippen LogP contribution in [0.2, 0.25) is 0 Å². The third-order valence-corrected chi connectivity index (χ3v) is 6.84. The number of fused-ring (bicyclic) bond motifs is 3. The van der Waals surface area contributed by atoms with Gasteiger partial charge in [0, 0.05) is 22.5 Å². The lowest BCUT2D eigenvalue weighted by Crippen LogP contribution is -2.25. The number of hydrogen-bond acceptors (Lipinski definition) is 7. The highest BCUT2D eigenvalue weighted by molar-refractivity contribution is 7.15. The van der Waals surface area contributed by atoms with Gasteiger partial charge in [0.1, 0.15) is 22.5 Å². The first kappa shape index (κ1) is 24.0. The van der Waals surface area contributed by atoms with Crippen molar-refractivity contribution in [1.29, 1.82) is 0 Å². The highest BCUT2D eigenvalue weighted by Gasteiger charge is 2.33. The van der Waals surface area contributed by atoms with E-state index in [0.29, 0.717) is 12.4 Å². The number of carbonyl (C=O) groups is 1. The number of hydrogen-bond donors (Lipinski definition) is 1. The summed E-state index contributed by atoms with van der Waals surface area (Å²) in [7, 11) is 0. The lowest BCUT2D eigenvalue weighted by molar-refractivity contribution is -0.155. The van der Waals surface area contributed by atoms with Gasteiger partial charge in [-0.15, -0.1) is 21.5 Å². The predicted molar refractivity (Wildman–Crippen MR) is 137 cm³/mol. The zero-order valence-corrected chi connectivity index (χ0v) is 21.4. The SMILES string of the molecule is Cc1sc2c(c1C)C(c1ccc(C=CCN)cc1)=NC(CC(=O)OC(C)(C)C)c1nnc(C)n1-2. The molecule has 0 saturated carbocycles. The van der Waals surface area contributed by atoms with E-state index >= 15 is 0 Å². The zero-order valence-electron chi connectivity index (χ0n) is 20.5.